The molecule has 2 aromatic heterocycles. The minimum absolute atomic E-state index is 0.155. The summed E-state index contributed by atoms with van der Waals surface area (Å²) in [6.07, 6.45) is 3.72. The lowest BCUT2D eigenvalue weighted by molar-refractivity contribution is -0.131. The predicted molar refractivity (Wildman–Crippen MR) is 118 cm³/mol. The highest BCUT2D eigenvalue weighted by molar-refractivity contribution is 5.79. The van der Waals surface area contributed by atoms with E-state index in [0.29, 0.717) is 6.42 Å². The second-order valence-electron chi connectivity index (χ2n) is 7.78. The van der Waals surface area contributed by atoms with Gasteiger partial charge in [0.25, 0.3) is 0 Å². The summed E-state index contributed by atoms with van der Waals surface area (Å²) in [6, 6.07) is 24.4. The van der Waals surface area contributed by atoms with Gasteiger partial charge in [0, 0.05) is 30.3 Å². The first-order valence-corrected chi connectivity index (χ1v) is 10.6. The number of aromatic nitrogens is 3. The maximum Gasteiger partial charge on any atom is 0.228 e. The molecule has 1 saturated heterocycles. The Morgan fingerprint density at radius 2 is 1.50 bits per heavy atom. The van der Waals surface area contributed by atoms with Gasteiger partial charge >= 0.3 is 0 Å². The van der Waals surface area contributed by atoms with Crippen LogP contribution in [0.25, 0.3) is 28.2 Å². The van der Waals surface area contributed by atoms with Gasteiger partial charge in [-0.3, -0.25) is 4.79 Å². The molecule has 2 aromatic carbocycles. The molecule has 1 fully saturated rings. The molecule has 0 saturated carbocycles. The Balaban J connectivity index is 1.56. The summed E-state index contributed by atoms with van der Waals surface area (Å²) in [5, 5.41) is 4.77. The van der Waals surface area contributed by atoms with E-state index >= 15 is 0 Å². The van der Waals surface area contributed by atoms with E-state index in [-0.39, 0.29) is 5.91 Å². The molecule has 0 atom stereocenters. The molecule has 150 valence electrons. The molecular weight excluding hydrogens is 372 g/mol. The number of nitrogens with zero attached hydrogens (tertiary/aromatic N) is 4. The molecule has 0 unspecified atom stereocenters. The largest absolute Gasteiger partial charge is 0.342 e. The Morgan fingerprint density at radius 1 is 0.833 bits per heavy atom. The molecule has 1 aliphatic rings. The van der Waals surface area contributed by atoms with Gasteiger partial charge in [0.15, 0.2) is 5.65 Å². The Hall–Kier alpha value is -3.47. The quantitative estimate of drug-likeness (QED) is 0.506. The minimum Gasteiger partial charge on any atom is -0.342 e. The van der Waals surface area contributed by atoms with Crippen LogP contribution in [0.15, 0.2) is 72.8 Å². The summed E-state index contributed by atoms with van der Waals surface area (Å²) in [4.78, 5) is 19.6. The van der Waals surface area contributed by atoms with E-state index in [4.69, 9.17) is 10.1 Å². The summed E-state index contributed by atoms with van der Waals surface area (Å²) in [5.74, 6) is 0.155. The number of likely N-dealkylation sites (tertiary alicyclic amines) is 1. The van der Waals surface area contributed by atoms with E-state index in [1.807, 2.05) is 51.9 Å². The average molecular weight is 396 g/mol. The topological polar surface area (TPSA) is 50.5 Å². The number of carbonyl (C=O) groups excluding carboxylic acids is 1. The van der Waals surface area contributed by atoms with Gasteiger partial charge in [-0.25, -0.2) is 9.50 Å². The lowest BCUT2D eigenvalue weighted by Crippen LogP contribution is -2.36. The van der Waals surface area contributed by atoms with Crippen molar-refractivity contribution in [1.29, 1.82) is 0 Å². The van der Waals surface area contributed by atoms with E-state index in [9.17, 15) is 4.79 Å². The van der Waals surface area contributed by atoms with Crippen molar-refractivity contribution in [2.24, 2.45) is 0 Å². The normalized spacial score (nSPS) is 14.2. The van der Waals surface area contributed by atoms with Crippen molar-refractivity contribution < 1.29 is 4.79 Å². The van der Waals surface area contributed by atoms with Crippen LogP contribution in [0, 0.1) is 0 Å². The first-order chi connectivity index (χ1) is 14.8. The Bertz CT molecular complexity index is 1160. The zero-order chi connectivity index (χ0) is 20.3. The monoisotopic (exact) mass is 396 g/mol. The second kappa shape index (κ2) is 8.11. The van der Waals surface area contributed by atoms with Gasteiger partial charge in [-0.1, -0.05) is 60.7 Å². The summed E-state index contributed by atoms with van der Waals surface area (Å²) < 4.78 is 1.86. The smallest absolute Gasteiger partial charge is 0.228 e. The number of fused-ring (bicyclic) bond motifs is 1. The molecule has 0 radical (unpaired) electrons. The van der Waals surface area contributed by atoms with Gasteiger partial charge in [-0.2, -0.15) is 5.10 Å². The third-order valence-electron chi connectivity index (χ3n) is 5.66. The van der Waals surface area contributed by atoms with Gasteiger partial charge in [0.1, 0.15) is 0 Å². The van der Waals surface area contributed by atoms with Crippen LogP contribution in [-0.2, 0) is 11.2 Å². The lowest BCUT2D eigenvalue weighted by Gasteiger charge is -2.26. The Morgan fingerprint density at radius 3 is 2.20 bits per heavy atom. The van der Waals surface area contributed by atoms with Crippen LogP contribution < -0.4 is 0 Å². The van der Waals surface area contributed by atoms with E-state index in [2.05, 4.69) is 30.3 Å². The van der Waals surface area contributed by atoms with Crippen molar-refractivity contribution in [1.82, 2.24) is 19.5 Å². The summed E-state index contributed by atoms with van der Waals surface area (Å²) in [5.41, 5.74) is 5.52. The third-order valence-corrected chi connectivity index (χ3v) is 5.66. The standard InChI is InChI=1S/C25H24N4O/c30-25(28-14-8-3-9-15-28)17-21-16-24-26-22(19-10-4-1-5-11-19)18-23(29(24)27-21)20-12-6-2-7-13-20/h1-2,4-7,10-13,16,18H,3,8-9,14-15,17H2. The molecule has 0 bridgehead atoms. The van der Waals surface area contributed by atoms with Crippen molar-refractivity contribution in [3.63, 3.8) is 0 Å². The maximum atomic E-state index is 12.7. The van der Waals surface area contributed by atoms with E-state index in [1.165, 1.54) is 6.42 Å². The highest BCUT2D eigenvalue weighted by Gasteiger charge is 2.19. The van der Waals surface area contributed by atoms with E-state index < -0.39 is 0 Å². The highest BCUT2D eigenvalue weighted by atomic mass is 16.2. The molecule has 0 spiro atoms. The fourth-order valence-electron chi connectivity index (χ4n) is 4.09. The van der Waals surface area contributed by atoms with Crippen LogP contribution in [0.1, 0.15) is 25.0 Å². The SMILES string of the molecule is O=C(Cc1cc2nc(-c3ccccc3)cc(-c3ccccc3)n2n1)N1CCCCC1. The van der Waals surface area contributed by atoms with Crippen molar-refractivity contribution in [3.8, 4) is 22.5 Å². The minimum atomic E-state index is 0.155. The first-order valence-electron chi connectivity index (χ1n) is 10.6. The molecular formula is C25H24N4O. The third kappa shape index (κ3) is 3.71. The number of hydrogen-bond acceptors (Lipinski definition) is 3. The predicted octanol–water partition coefficient (Wildman–Crippen LogP) is 4.62. The van der Waals surface area contributed by atoms with Crippen LogP contribution in [-0.4, -0.2) is 38.5 Å². The summed E-state index contributed by atoms with van der Waals surface area (Å²) in [6.45, 7) is 1.72. The molecule has 4 aromatic rings. The van der Waals surface area contributed by atoms with Crippen molar-refractivity contribution >= 4 is 11.6 Å². The molecule has 5 nitrogen and oxygen atoms in total. The van der Waals surface area contributed by atoms with Crippen LogP contribution in [0.2, 0.25) is 0 Å². The van der Waals surface area contributed by atoms with Gasteiger partial charge in [-0.05, 0) is 25.3 Å². The van der Waals surface area contributed by atoms with Gasteiger partial charge in [0.2, 0.25) is 5.91 Å². The summed E-state index contributed by atoms with van der Waals surface area (Å²) in [7, 11) is 0. The van der Waals surface area contributed by atoms with Crippen LogP contribution in [0.3, 0.4) is 0 Å². The molecule has 0 N–H and O–H groups in total. The average Bonchev–Trinajstić information content (AvgIpc) is 3.22. The zero-order valence-corrected chi connectivity index (χ0v) is 16.9. The molecule has 5 rings (SSSR count). The molecule has 1 aliphatic heterocycles. The van der Waals surface area contributed by atoms with Gasteiger partial charge in [-0.15, -0.1) is 0 Å². The number of hydrogen-bond donors (Lipinski definition) is 0. The molecule has 1 amide bonds. The van der Waals surface area contributed by atoms with E-state index in [0.717, 1.165) is 59.8 Å². The Kier molecular flexibility index (Phi) is 5.01. The maximum absolute atomic E-state index is 12.7. The number of rotatable bonds is 4. The van der Waals surface area contributed by atoms with E-state index in [1.54, 1.807) is 0 Å². The fraction of sp³-hybridized carbons (Fsp3) is 0.240. The number of amides is 1. The van der Waals surface area contributed by atoms with Crippen molar-refractivity contribution in [2.45, 2.75) is 25.7 Å². The van der Waals surface area contributed by atoms with Crippen LogP contribution in [0.5, 0.6) is 0 Å². The lowest BCUT2D eigenvalue weighted by atomic mass is 10.1. The fourth-order valence-corrected chi connectivity index (χ4v) is 4.09. The molecule has 30 heavy (non-hydrogen) atoms. The van der Waals surface area contributed by atoms with Crippen molar-refractivity contribution in [3.05, 3.63) is 78.5 Å². The number of carbonyl (C=O) groups is 1. The highest BCUT2D eigenvalue weighted by Crippen LogP contribution is 2.26. The zero-order valence-electron chi connectivity index (χ0n) is 16.9. The second-order valence-corrected chi connectivity index (χ2v) is 7.78. The summed E-state index contributed by atoms with van der Waals surface area (Å²) >= 11 is 0. The molecule has 0 aliphatic carbocycles. The molecule has 3 heterocycles. The van der Waals surface area contributed by atoms with Gasteiger partial charge in [0.05, 0.1) is 23.5 Å². The molecule has 5 heteroatoms. The number of piperidine rings is 1. The first kappa shape index (κ1) is 18.6. The van der Waals surface area contributed by atoms with Gasteiger partial charge < -0.3 is 4.90 Å². The van der Waals surface area contributed by atoms with Crippen molar-refractivity contribution in [2.75, 3.05) is 13.1 Å². The van der Waals surface area contributed by atoms with Crippen LogP contribution in [0.4, 0.5) is 0 Å². The Labute approximate surface area is 176 Å². The van der Waals surface area contributed by atoms with Crippen LogP contribution >= 0.6 is 0 Å². The number of benzene rings is 2.